The molecule has 0 aliphatic rings. The first-order valence-corrected chi connectivity index (χ1v) is 8.22. The molecule has 0 aliphatic carbocycles. The molecule has 21 heavy (non-hydrogen) atoms. The van der Waals surface area contributed by atoms with Crippen molar-refractivity contribution in [3.05, 3.63) is 39.6 Å². The smallest absolute Gasteiger partial charge is 0.128 e. The molecule has 1 unspecified atom stereocenters. The van der Waals surface area contributed by atoms with Gasteiger partial charge in [0.05, 0.1) is 24.4 Å². The van der Waals surface area contributed by atoms with E-state index >= 15 is 0 Å². The van der Waals surface area contributed by atoms with Crippen LogP contribution in [-0.4, -0.2) is 23.6 Å². The van der Waals surface area contributed by atoms with Crippen molar-refractivity contribution in [2.24, 2.45) is 0 Å². The molecule has 1 N–H and O–H groups in total. The van der Waals surface area contributed by atoms with E-state index in [0.717, 1.165) is 47.7 Å². The van der Waals surface area contributed by atoms with Crippen LogP contribution in [0.1, 0.15) is 41.9 Å². The number of pyridine rings is 1. The average molecular weight is 305 g/mol. The molecule has 0 saturated carbocycles. The highest BCUT2D eigenvalue weighted by Crippen LogP contribution is 2.27. The van der Waals surface area contributed by atoms with Crippen LogP contribution in [0.3, 0.4) is 0 Å². The molecule has 0 spiro atoms. The quantitative estimate of drug-likeness (QED) is 0.851. The predicted molar refractivity (Wildman–Crippen MR) is 87.1 cm³/mol. The highest BCUT2D eigenvalue weighted by atomic mass is 32.1. The third-order valence-corrected chi connectivity index (χ3v) is 4.20. The van der Waals surface area contributed by atoms with Crippen LogP contribution in [0.15, 0.2) is 17.1 Å². The van der Waals surface area contributed by atoms with Gasteiger partial charge >= 0.3 is 0 Å². The van der Waals surface area contributed by atoms with Crippen molar-refractivity contribution in [1.82, 2.24) is 15.3 Å². The first-order chi connectivity index (χ1) is 10.2. The van der Waals surface area contributed by atoms with Crippen molar-refractivity contribution >= 4 is 11.3 Å². The number of thiazole rings is 1. The largest absolute Gasteiger partial charge is 0.496 e. The van der Waals surface area contributed by atoms with Crippen molar-refractivity contribution in [3.63, 3.8) is 0 Å². The molecule has 5 heteroatoms. The Bertz CT molecular complexity index is 569. The minimum absolute atomic E-state index is 0.204. The van der Waals surface area contributed by atoms with E-state index in [9.17, 15) is 0 Å². The van der Waals surface area contributed by atoms with Crippen molar-refractivity contribution in [2.45, 2.75) is 39.7 Å². The van der Waals surface area contributed by atoms with Crippen molar-refractivity contribution in [3.8, 4) is 5.75 Å². The normalized spacial score (nSPS) is 12.4. The van der Waals surface area contributed by atoms with E-state index in [0.29, 0.717) is 0 Å². The van der Waals surface area contributed by atoms with Gasteiger partial charge in [-0.25, -0.2) is 4.98 Å². The van der Waals surface area contributed by atoms with Crippen molar-refractivity contribution < 1.29 is 4.74 Å². The Balaban J connectivity index is 2.24. The first kappa shape index (κ1) is 15.9. The number of hydrogen-bond acceptors (Lipinski definition) is 5. The van der Waals surface area contributed by atoms with Crippen molar-refractivity contribution in [1.29, 1.82) is 0 Å². The molecule has 2 rings (SSSR count). The molecule has 2 aromatic rings. The van der Waals surface area contributed by atoms with Crippen LogP contribution in [0.4, 0.5) is 0 Å². The maximum atomic E-state index is 5.50. The molecular weight excluding hydrogens is 282 g/mol. The third kappa shape index (κ3) is 3.80. The number of rotatable bonds is 7. The predicted octanol–water partition coefficient (Wildman–Crippen LogP) is 3.45. The van der Waals surface area contributed by atoms with Crippen LogP contribution in [0.25, 0.3) is 0 Å². The Hall–Kier alpha value is -1.46. The number of hydrogen-bond donors (Lipinski definition) is 1. The van der Waals surface area contributed by atoms with Gasteiger partial charge in [0.25, 0.3) is 0 Å². The lowest BCUT2D eigenvalue weighted by Crippen LogP contribution is -2.25. The van der Waals surface area contributed by atoms with E-state index in [2.05, 4.69) is 34.5 Å². The van der Waals surface area contributed by atoms with Gasteiger partial charge in [0.2, 0.25) is 0 Å². The lowest BCUT2D eigenvalue weighted by molar-refractivity contribution is 0.406. The summed E-state index contributed by atoms with van der Waals surface area (Å²) in [5, 5.41) is 5.67. The molecular formula is C16H23N3OS. The molecule has 0 amide bonds. The van der Waals surface area contributed by atoms with Gasteiger partial charge in [-0.1, -0.05) is 6.92 Å². The summed E-state index contributed by atoms with van der Waals surface area (Å²) in [5.41, 5.74) is 6.24. The number of ether oxygens (including phenoxy) is 1. The summed E-state index contributed by atoms with van der Waals surface area (Å²) in [6.07, 6.45) is 3.82. The lowest BCUT2D eigenvalue weighted by Gasteiger charge is -2.19. The lowest BCUT2D eigenvalue weighted by atomic mass is 10.0. The Morgan fingerprint density at radius 1 is 1.33 bits per heavy atom. The molecule has 0 bridgehead atoms. The highest BCUT2D eigenvalue weighted by molar-refractivity contribution is 7.07. The van der Waals surface area contributed by atoms with Gasteiger partial charge < -0.3 is 10.1 Å². The molecule has 0 fully saturated rings. The number of methoxy groups -OCH3 is 1. The summed E-state index contributed by atoms with van der Waals surface area (Å²) >= 11 is 1.63. The minimum atomic E-state index is 0.204. The minimum Gasteiger partial charge on any atom is -0.496 e. The zero-order chi connectivity index (χ0) is 15.2. The summed E-state index contributed by atoms with van der Waals surface area (Å²) in [6.45, 7) is 7.25. The fourth-order valence-electron chi connectivity index (χ4n) is 2.46. The molecule has 1 atom stereocenters. The Morgan fingerprint density at radius 2 is 2.14 bits per heavy atom. The van der Waals surface area contributed by atoms with Gasteiger partial charge in [-0.3, -0.25) is 4.98 Å². The molecule has 4 nitrogen and oxygen atoms in total. The van der Waals surface area contributed by atoms with Crippen LogP contribution in [0.2, 0.25) is 0 Å². The molecule has 2 heterocycles. The zero-order valence-corrected chi connectivity index (χ0v) is 14.0. The number of aromatic nitrogens is 2. The van der Waals surface area contributed by atoms with E-state index in [1.54, 1.807) is 18.4 Å². The third-order valence-electron chi connectivity index (χ3n) is 3.60. The van der Waals surface area contributed by atoms with E-state index in [4.69, 9.17) is 4.74 Å². The van der Waals surface area contributed by atoms with Gasteiger partial charge in [0.15, 0.2) is 0 Å². The molecule has 0 saturated heterocycles. The van der Waals surface area contributed by atoms with Crippen LogP contribution in [0.5, 0.6) is 5.75 Å². The summed E-state index contributed by atoms with van der Waals surface area (Å²) in [5.74, 6) is 0.938. The van der Waals surface area contributed by atoms with Crippen LogP contribution < -0.4 is 10.1 Å². The number of aryl methyl sites for hydroxylation is 1. The fraction of sp³-hybridized carbons (Fsp3) is 0.500. The van der Waals surface area contributed by atoms with E-state index in [1.165, 1.54) is 0 Å². The average Bonchev–Trinajstić information content (AvgIpc) is 3.00. The topological polar surface area (TPSA) is 47.0 Å². The second-order valence-electron chi connectivity index (χ2n) is 5.17. The number of nitrogens with zero attached hydrogens (tertiary/aromatic N) is 2. The number of nitrogens with one attached hydrogen (secondary N) is 1. The zero-order valence-electron chi connectivity index (χ0n) is 13.1. The second kappa shape index (κ2) is 7.52. The van der Waals surface area contributed by atoms with Crippen LogP contribution in [0, 0.1) is 13.8 Å². The van der Waals surface area contributed by atoms with E-state index in [-0.39, 0.29) is 6.04 Å². The summed E-state index contributed by atoms with van der Waals surface area (Å²) in [6, 6.07) is 0.204. The van der Waals surface area contributed by atoms with Crippen LogP contribution in [-0.2, 0) is 6.42 Å². The molecule has 0 aliphatic heterocycles. The Labute approximate surface area is 130 Å². The molecule has 0 aromatic carbocycles. The maximum Gasteiger partial charge on any atom is 0.128 e. The van der Waals surface area contributed by atoms with Gasteiger partial charge in [0.1, 0.15) is 5.75 Å². The second-order valence-corrected chi connectivity index (χ2v) is 5.89. The van der Waals surface area contributed by atoms with E-state index < -0.39 is 0 Å². The first-order valence-electron chi connectivity index (χ1n) is 7.27. The molecule has 2 aromatic heterocycles. The summed E-state index contributed by atoms with van der Waals surface area (Å²) < 4.78 is 5.50. The monoisotopic (exact) mass is 305 g/mol. The van der Waals surface area contributed by atoms with Gasteiger partial charge in [-0.05, 0) is 26.8 Å². The summed E-state index contributed by atoms with van der Waals surface area (Å²) in [7, 11) is 1.71. The molecule has 0 radical (unpaired) electrons. The SMILES string of the molecule is CCCNC(Cc1ncc(C)c(OC)c1C)c1cscn1. The van der Waals surface area contributed by atoms with Gasteiger partial charge in [0, 0.05) is 34.8 Å². The van der Waals surface area contributed by atoms with E-state index in [1.807, 2.05) is 18.6 Å². The van der Waals surface area contributed by atoms with Gasteiger partial charge in [-0.2, -0.15) is 0 Å². The Kier molecular flexibility index (Phi) is 5.70. The highest BCUT2D eigenvalue weighted by Gasteiger charge is 2.17. The molecule has 114 valence electrons. The Morgan fingerprint density at radius 3 is 2.76 bits per heavy atom. The van der Waals surface area contributed by atoms with Crippen molar-refractivity contribution in [2.75, 3.05) is 13.7 Å². The fourth-order valence-corrected chi connectivity index (χ4v) is 3.07. The maximum absolute atomic E-state index is 5.50. The summed E-state index contributed by atoms with van der Waals surface area (Å²) in [4.78, 5) is 9.05. The van der Waals surface area contributed by atoms with Gasteiger partial charge in [-0.15, -0.1) is 11.3 Å². The van der Waals surface area contributed by atoms with Crippen LogP contribution >= 0.6 is 11.3 Å². The standard InChI is InChI=1S/C16H23N3OS/c1-5-6-17-14(15-9-21-10-19-15)7-13-12(3)16(20-4)11(2)8-18-13/h8-10,14,17H,5-7H2,1-4H3.